The number of benzene rings is 11. The third kappa shape index (κ3) is 22.6. The Labute approximate surface area is 790 Å². The summed E-state index contributed by atoms with van der Waals surface area (Å²) in [6, 6.07) is 101. The predicted molar refractivity (Wildman–Crippen MR) is 504 cm³/mol. The first-order chi connectivity index (χ1) is 64.2. The van der Waals surface area contributed by atoms with E-state index in [-0.39, 0.29) is 45.7 Å². The van der Waals surface area contributed by atoms with Crippen molar-refractivity contribution in [3.63, 3.8) is 0 Å². The van der Waals surface area contributed by atoms with Gasteiger partial charge in [0.05, 0.1) is 60.8 Å². The number of carbonyl (C=O) groups excluding carboxylic acids is 3. The molecule has 1 unspecified atom stereocenters. The average Bonchev–Trinajstić information content (AvgIpc) is 0.718. The normalized spacial score (nSPS) is 22.1. The molecule has 0 amide bonds. The van der Waals surface area contributed by atoms with Crippen LogP contribution in [0.25, 0.3) is 25.1 Å². The second-order valence-corrected chi connectivity index (χ2v) is 48.6. The maximum absolute atomic E-state index is 13.2. The second-order valence-electron chi connectivity index (χ2n) is 36.1. The third-order valence-corrected chi connectivity index (χ3v) is 37.1. The number of sulfone groups is 1. The molecule has 10 bridgehead atoms. The molecular formula is C104H100F6O18S7. The number of rotatable bonds is 22. The van der Waals surface area contributed by atoms with Crippen LogP contribution in [-0.2, 0) is 90.6 Å². The molecule has 23 rings (SSSR count). The SMILES string of the molecule is CS(=O)(=O)c1ccc(-[s+]2c3ccccc3c(=O)c3ccccc32)cc1.Cc1ccc([S+](c2ccccc2)c2ccccc2)cc1.O=C(OCC(F)(F)S(=O)(=O)[O-])C12CC3CC(CC(C3)C1)C2.O=C(OCC(F)(F)S(=O)(=O)[O-])C12CC3CC(CC(C3)C1)C2.O=C(OCCCC(F)(F)S(=O)(=O)[O-])C1CC2c3ccccc3C1c1ccccc12.c1ccc([S+](c2ccccc2)c2ccccc2)cc1. The van der Waals surface area contributed by atoms with E-state index in [2.05, 4.69) is 204 Å². The second kappa shape index (κ2) is 41.2. The molecule has 1 atom stereocenters. The fourth-order valence-electron chi connectivity index (χ4n) is 21.3. The zero-order chi connectivity index (χ0) is 96.1. The number of ether oxygens (including phenoxy) is 3. The molecule has 0 aliphatic heterocycles. The molecular weight excluding hydrogens is 1880 g/mol. The van der Waals surface area contributed by atoms with E-state index in [1.165, 1.54) is 52.3 Å². The quantitative estimate of drug-likeness (QED) is 0.0116. The lowest BCUT2D eigenvalue weighted by Gasteiger charge is -2.55. The van der Waals surface area contributed by atoms with Crippen molar-refractivity contribution in [3.05, 3.63) is 335 Å². The highest BCUT2D eigenvalue weighted by atomic mass is 32.2. The van der Waals surface area contributed by atoms with Crippen LogP contribution >= 0.6 is 10.5 Å². The molecule has 11 aromatic carbocycles. The Morgan fingerprint density at radius 2 is 0.689 bits per heavy atom. The summed E-state index contributed by atoms with van der Waals surface area (Å²) in [5.74, 6) is 0.0873. The first kappa shape index (κ1) is 99.2. The van der Waals surface area contributed by atoms with Crippen molar-refractivity contribution in [1.82, 2.24) is 0 Å². The van der Waals surface area contributed by atoms with Crippen molar-refractivity contribution >= 4 is 111 Å². The van der Waals surface area contributed by atoms with Gasteiger partial charge in [-0.1, -0.05) is 181 Å². The number of hydrogen-bond donors (Lipinski definition) is 0. The highest BCUT2D eigenvalue weighted by molar-refractivity contribution is 7.97. The molecule has 31 heteroatoms. The smallest absolute Gasteiger partial charge is 0.367 e. The van der Waals surface area contributed by atoms with Crippen LogP contribution in [0.5, 0.6) is 0 Å². The summed E-state index contributed by atoms with van der Waals surface area (Å²) >= 11 is 0. The van der Waals surface area contributed by atoms with Gasteiger partial charge in [0.2, 0.25) is 5.43 Å². The van der Waals surface area contributed by atoms with Gasteiger partial charge >= 0.3 is 33.7 Å². The van der Waals surface area contributed by atoms with Crippen LogP contribution < -0.4 is 5.43 Å². The molecule has 11 aliphatic carbocycles. The van der Waals surface area contributed by atoms with Gasteiger partial charge < -0.3 is 27.9 Å². The lowest BCUT2D eigenvalue weighted by atomic mass is 9.49. The summed E-state index contributed by atoms with van der Waals surface area (Å²) in [6.45, 7) is -1.59. The molecule has 1 heterocycles. The van der Waals surface area contributed by atoms with Gasteiger partial charge in [-0.15, -0.1) is 0 Å². The molecule has 8 fully saturated rings. The number of carbonyl (C=O) groups is 3. The fraction of sp³-hybridized carbons (Fsp3) is 0.327. The van der Waals surface area contributed by atoms with Crippen LogP contribution in [0.2, 0.25) is 0 Å². The molecule has 0 spiro atoms. The first-order valence-electron chi connectivity index (χ1n) is 44.5. The van der Waals surface area contributed by atoms with E-state index in [1.807, 2.05) is 97.1 Å². The van der Waals surface area contributed by atoms with Gasteiger partial charge in [-0.05, 0) is 276 Å². The molecule has 11 aliphatic rings. The summed E-state index contributed by atoms with van der Waals surface area (Å²) in [5.41, 5.74) is 4.42. The summed E-state index contributed by atoms with van der Waals surface area (Å²) in [6.07, 6.45) is 10.5. The lowest BCUT2D eigenvalue weighted by molar-refractivity contribution is -0.177. The van der Waals surface area contributed by atoms with Crippen molar-refractivity contribution in [3.8, 4) is 4.90 Å². The molecule has 8 saturated carbocycles. The highest BCUT2D eigenvalue weighted by Gasteiger charge is 2.58. The molecule has 0 saturated heterocycles. The molecule has 18 nitrogen and oxygen atoms in total. The topological polar surface area (TPSA) is 302 Å². The van der Waals surface area contributed by atoms with E-state index < -0.39 is 127 Å². The van der Waals surface area contributed by atoms with E-state index in [4.69, 9.17) is 4.74 Å². The maximum Gasteiger partial charge on any atom is 0.367 e. The standard InChI is InChI=1S/C21H20F2O5S.C20H15O3S2.C19H17S.C18H15S.2C13H18F2O5S/c22-21(23,29(25,26)27)10-5-11-28-20(24)18-12-17-13-6-1-3-8-15(13)19(18)16-9-4-2-7-14(16)17;1-25(22,23)15-12-10-14(11-13-15)24-18-8-4-2-6-16(18)20(21)17-7-3-5-9-19(17)24;1-16-12-14-19(15-13-16)20(17-8-4-2-5-9-17)18-10-6-3-7-11-18;1-4-10-16(11-5-1)19(17-12-6-2-7-13-17)18-14-8-3-9-15-18;2*14-13(15,21(17,18)19)7-20-11(16)12-4-8-1-9(5-12)3-10(2-8)6-12/h1-4,6-9,17-19H,5,10-12H2,(H,25,26,27);2-13H,1H3;2-15H,1H3;1-15H;2*8-10H,1-7H2,(H,17,18,19)/q;3*+1;;/p-3. The minimum atomic E-state index is -5.81. The number of halogens is 6. The minimum Gasteiger partial charge on any atom is -0.743 e. The van der Waals surface area contributed by atoms with Crippen molar-refractivity contribution in [2.45, 2.75) is 165 Å². The Morgan fingerprint density at radius 1 is 0.385 bits per heavy atom. The molecule has 708 valence electrons. The number of esters is 3. The van der Waals surface area contributed by atoms with E-state index in [9.17, 15) is 92.9 Å². The van der Waals surface area contributed by atoms with Crippen molar-refractivity contribution in [1.29, 1.82) is 0 Å². The van der Waals surface area contributed by atoms with Crippen LogP contribution in [-0.4, -0.2) is 107 Å². The van der Waals surface area contributed by atoms with Gasteiger partial charge in [0.25, 0.3) is 0 Å². The average molecular weight is 1980 g/mol. The van der Waals surface area contributed by atoms with E-state index in [0.717, 1.165) is 74.7 Å². The van der Waals surface area contributed by atoms with Gasteiger partial charge in [0, 0.05) is 35.0 Å². The van der Waals surface area contributed by atoms with Gasteiger partial charge in [-0.2, -0.15) is 26.3 Å². The Morgan fingerprint density at radius 3 is 1.01 bits per heavy atom. The minimum absolute atomic E-state index is 0.0146. The zero-order valence-electron chi connectivity index (χ0n) is 73.7. The van der Waals surface area contributed by atoms with Gasteiger partial charge in [-0.25, -0.2) is 33.7 Å². The lowest BCUT2D eigenvalue weighted by Crippen LogP contribution is -2.51. The molecule has 1 aromatic heterocycles. The Bertz CT molecular complexity index is 6380. The number of alkyl halides is 6. The Balaban J connectivity index is 0.000000124. The largest absolute Gasteiger partial charge is 0.743 e. The number of fused-ring (bicyclic) bond motifs is 3. The predicted octanol–water partition coefficient (Wildman–Crippen LogP) is 21.9. The third-order valence-electron chi connectivity index (χ3n) is 26.6. The zero-order valence-corrected chi connectivity index (χ0v) is 79.4. The fourth-order valence-corrected chi connectivity index (χ4v) is 29.3. The van der Waals surface area contributed by atoms with Crippen LogP contribution in [0.4, 0.5) is 26.3 Å². The van der Waals surface area contributed by atoms with Crippen LogP contribution in [0, 0.1) is 59.2 Å². The Kier molecular flexibility index (Phi) is 30.2. The first-order valence-corrected chi connectivity index (χ1v) is 54.2. The summed E-state index contributed by atoms with van der Waals surface area (Å²) < 4.78 is 213. The monoisotopic (exact) mass is 1970 g/mol. The number of aryl methyl sites for hydroxylation is 1. The van der Waals surface area contributed by atoms with Crippen LogP contribution in [0.15, 0.2) is 336 Å². The van der Waals surface area contributed by atoms with Crippen molar-refractivity contribution < 1.29 is 102 Å². The number of hydrogen-bond acceptors (Lipinski definition) is 18. The molecule has 0 N–H and O–H groups in total. The van der Waals surface area contributed by atoms with Crippen molar-refractivity contribution in [2.24, 2.45) is 52.3 Å². The Hall–Kier alpha value is -10.3. The highest BCUT2D eigenvalue weighted by Crippen LogP contribution is 2.63. The van der Waals surface area contributed by atoms with Crippen molar-refractivity contribution in [2.75, 3.05) is 26.1 Å². The van der Waals surface area contributed by atoms with E-state index in [1.54, 1.807) is 12.1 Å². The van der Waals surface area contributed by atoms with Gasteiger partial charge in [0.1, 0.15) is 0 Å². The van der Waals surface area contributed by atoms with Gasteiger partial charge in [0.15, 0.2) is 97.1 Å². The van der Waals surface area contributed by atoms with Crippen LogP contribution in [0.3, 0.4) is 0 Å². The molecule has 12 aromatic rings. The molecule has 0 radical (unpaired) electrons. The summed E-state index contributed by atoms with van der Waals surface area (Å²) in [5, 5.41) is -12.1. The van der Waals surface area contributed by atoms with Crippen LogP contribution in [0.1, 0.15) is 136 Å². The van der Waals surface area contributed by atoms with E-state index >= 15 is 0 Å². The van der Waals surface area contributed by atoms with Gasteiger partial charge in [-0.3, -0.25) is 19.2 Å². The van der Waals surface area contributed by atoms with E-state index in [0.29, 0.717) is 85.3 Å². The molecule has 135 heavy (non-hydrogen) atoms. The summed E-state index contributed by atoms with van der Waals surface area (Å²) in [4.78, 5) is 59.4. The maximum atomic E-state index is 13.2. The summed E-state index contributed by atoms with van der Waals surface area (Å²) in [7, 11) is -21.0.